The number of anilines is 1. The summed E-state index contributed by atoms with van der Waals surface area (Å²) in [6.45, 7) is 1.55. The highest BCUT2D eigenvalue weighted by Gasteiger charge is 2.18. The van der Waals surface area contributed by atoms with Crippen molar-refractivity contribution in [3.05, 3.63) is 51.1 Å². The van der Waals surface area contributed by atoms with E-state index in [9.17, 15) is 4.79 Å². The third-order valence-corrected chi connectivity index (χ3v) is 3.57. The van der Waals surface area contributed by atoms with Crippen LogP contribution in [0, 0.1) is 11.3 Å². The van der Waals surface area contributed by atoms with Crippen molar-refractivity contribution in [2.75, 3.05) is 5.32 Å². The number of hydrogen-bond donors (Lipinski definition) is 1. The van der Waals surface area contributed by atoms with E-state index < -0.39 is 12.0 Å². The van der Waals surface area contributed by atoms with Crippen LogP contribution < -0.4 is 10.1 Å². The maximum Gasteiger partial charge on any atom is 0.266 e. The number of amides is 1. The van der Waals surface area contributed by atoms with E-state index in [1.54, 1.807) is 13.0 Å². The molecule has 0 spiro atoms. The highest BCUT2D eigenvalue weighted by atomic mass is 35.5. The van der Waals surface area contributed by atoms with Gasteiger partial charge in [0.1, 0.15) is 5.75 Å². The van der Waals surface area contributed by atoms with Gasteiger partial charge in [0.25, 0.3) is 5.91 Å². The lowest BCUT2D eigenvalue weighted by atomic mass is 10.2. The second-order valence-electron chi connectivity index (χ2n) is 4.49. The van der Waals surface area contributed by atoms with Crippen molar-refractivity contribution in [1.82, 2.24) is 4.98 Å². The summed E-state index contributed by atoms with van der Waals surface area (Å²) in [5.41, 5.74) is 0.400. The van der Waals surface area contributed by atoms with Gasteiger partial charge in [-0.2, -0.15) is 5.26 Å². The molecular formula is C15H10Cl3N3O2. The molecule has 23 heavy (non-hydrogen) atoms. The number of pyridine rings is 1. The summed E-state index contributed by atoms with van der Waals surface area (Å²) in [5, 5.41) is 12.2. The molecular weight excluding hydrogens is 361 g/mol. The molecule has 1 heterocycles. The topological polar surface area (TPSA) is 75.0 Å². The minimum Gasteiger partial charge on any atom is -0.479 e. The number of carbonyl (C=O) groups excluding carboxylic acids is 1. The SMILES string of the molecule is C[C@@H](Oc1ccc(C#N)cc1Cl)C(=O)Nc1ncc(Cl)cc1Cl. The van der Waals surface area contributed by atoms with Crippen LogP contribution in [-0.4, -0.2) is 17.0 Å². The van der Waals surface area contributed by atoms with E-state index in [-0.39, 0.29) is 15.9 Å². The van der Waals surface area contributed by atoms with Gasteiger partial charge in [0.15, 0.2) is 11.9 Å². The summed E-state index contributed by atoms with van der Waals surface area (Å²) in [7, 11) is 0. The maximum atomic E-state index is 12.1. The molecule has 1 aromatic carbocycles. The molecule has 0 unspecified atom stereocenters. The number of hydrogen-bond acceptors (Lipinski definition) is 4. The largest absolute Gasteiger partial charge is 0.479 e. The first-order valence-corrected chi connectivity index (χ1v) is 7.52. The van der Waals surface area contributed by atoms with E-state index in [2.05, 4.69) is 10.3 Å². The monoisotopic (exact) mass is 369 g/mol. The third kappa shape index (κ3) is 4.49. The Kier molecular flexibility index (Phi) is 5.67. The fourth-order valence-electron chi connectivity index (χ4n) is 1.63. The van der Waals surface area contributed by atoms with Gasteiger partial charge in [-0.25, -0.2) is 4.98 Å². The lowest BCUT2D eigenvalue weighted by Crippen LogP contribution is -2.30. The Hall–Kier alpha value is -2.00. The van der Waals surface area contributed by atoms with Gasteiger partial charge in [0.2, 0.25) is 0 Å². The molecule has 0 saturated carbocycles. The number of ether oxygens (including phenoxy) is 1. The number of nitriles is 1. The number of nitrogens with zero attached hydrogens (tertiary/aromatic N) is 2. The molecule has 0 aliphatic rings. The van der Waals surface area contributed by atoms with E-state index in [0.717, 1.165) is 0 Å². The van der Waals surface area contributed by atoms with Gasteiger partial charge in [0.05, 0.1) is 26.7 Å². The summed E-state index contributed by atoms with van der Waals surface area (Å²) in [6.07, 6.45) is 0.514. The average Bonchev–Trinajstić information content (AvgIpc) is 2.51. The first kappa shape index (κ1) is 17.4. The highest BCUT2D eigenvalue weighted by Crippen LogP contribution is 2.27. The van der Waals surface area contributed by atoms with Crippen LogP contribution in [0.25, 0.3) is 0 Å². The third-order valence-electron chi connectivity index (χ3n) is 2.78. The lowest BCUT2D eigenvalue weighted by molar-refractivity contribution is -0.122. The molecule has 2 rings (SSSR count). The number of aromatic nitrogens is 1. The quantitative estimate of drug-likeness (QED) is 0.869. The summed E-state index contributed by atoms with van der Waals surface area (Å²) in [6, 6.07) is 7.96. The average molecular weight is 371 g/mol. The Balaban J connectivity index is 2.07. The van der Waals surface area contributed by atoms with Gasteiger partial charge in [-0.3, -0.25) is 4.79 Å². The second kappa shape index (κ2) is 7.51. The number of benzene rings is 1. The van der Waals surface area contributed by atoms with Crippen molar-refractivity contribution in [2.24, 2.45) is 0 Å². The van der Waals surface area contributed by atoms with Crippen LogP contribution in [0.15, 0.2) is 30.5 Å². The van der Waals surface area contributed by atoms with Gasteiger partial charge in [-0.15, -0.1) is 0 Å². The zero-order valence-electron chi connectivity index (χ0n) is 11.8. The van der Waals surface area contributed by atoms with Crippen LogP contribution in [0.2, 0.25) is 15.1 Å². The molecule has 1 amide bonds. The first-order chi connectivity index (χ1) is 10.9. The minimum absolute atomic E-state index is 0.183. The fraction of sp³-hybridized carbons (Fsp3) is 0.133. The summed E-state index contributed by atoms with van der Waals surface area (Å²) < 4.78 is 5.49. The van der Waals surface area contributed by atoms with Crippen molar-refractivity contribution in [3.8, 4) is 11.8 Å². The van der Waals surface area contributed by atoms with Gasteiger partial charge >= 0.3 is 0 Å². The molecule has 0 fully saturated rings. The van der Waals surface area contributed by atoms with Crippen LogP contribution in [0.5, 0.6) is 5.75 Å². The molecule has 1 atom stereocenters. The van der Waals surface area contributed by atoms with Crippen LogP contribution in [-0.2, 0) is 4.79 Å². The Morgan fingerprint density at radius 3 is 2.65 bits per heavy atom. The predicted molar refractivity (Wildman–Crippen MR) is 89.1 cm³/mol. The van der Waals surface area contributed by atoms with E-state index >= 15 is 0 Å². The zero-order valence-corrected chi connectivity index (χ0v) is 14.1. The summed E-state index contributed by atoms with van der Waals surface area (Å²) >= 11 is 17.7. The van der Waals surface area contributed by atoms with Crippen molar-refractivity contribution >= 4 is 46.5 Å². The molecule has 2 aromatic rings. The molecule has 0 aliphatic heterocycles. The van der Waals surface area contributed by atoms with Gasteiger partial charge in [-0.05, 0) is 31.2 Å². The second-order valence-corrected chi connectivity index (χ2v) is 5.74. The van der Waals surface area contributed by atoms with Crippen LogP contribution in [0.4, 0.5) is 5.82 Å². The molecule has 1 N–H and O–H groups in total. The van der Waals surface area contributed by atoms with E-state index in [1.165, 1.54) is 24.4 Å². The van der Waals surface area contributed by atoms with Gasteiger partial charge in [-0.1, -0.05) is 34.8 Å². The Labute approximate surface area is 147 Å². The molecule has 8 heteroatoms. The van der Waals surface area contributed by atoms with Crippen LogP contribution >= 0.6 is 34.8 Å². The predicted octanol–water partition coefficient (Wildman–Crippen LogP) is 4.32. The Morgan fingerprint density at radius 2 is 2.04 bits per heavy atom. The fourth-order valence-corrected chi connectivity index (χ4v) is 2.29. The number of nitrogens with one attached hydrogen (secondary N) is 1. The first-order valence-electron chi connectivity index (χ1n) is 6.39. The molecule has 1 aromatic heterocycles. The molecule has 0 radical (unpaired) electrons. The smallest absolute Gasteiger partial charge is 0.266 e. The standard InChI is InChI=1S/C15H10Cl3N3O2/c1-8(23-13-3-2-9(6-19)4-11(13)17)15(22)21-14-12(18)5-10(16)7-20-14/h2-5,7-8H,1H3,(H,20,21,22)/t8-/m1/s1. The molecule has 5 nitrogen and oxygen atoms in total. The Morgan fingerprint density at radius 1 is 1.30 bits per heavy atom. The highest BCUT2D eigenvalue weighted by molar-refractivity contribution is 6.36. The van der Waals surface area contributed by atoms with Crippen LogP contribution in [0.3, 0.4) is 0 Å². The number of rotatable bonds is 4. The molecule has 0 bridgehead atoms. The lowest BCUT2D eigenvalue weighted by Gasteiger charge is -2.15. The van der Waals surface area contributed by atoms with E-state index in [4.69, 9.17) is 44.8 Å². The van der Waals surface area contributed by atoms with E-state index in [1.807, 2.05) is 6.07 Å². The maximum absolute atomic E-state index is 12.1. The zero-order chi connectivity index (χ0) is 17.0. The molecule has 118 valence electrons. The summed E-state index contributed by atoms with van der Waals surface area (Å²) in [4.78, 5) is 16.1. The number of carbonyl (C=O) groups is 1. The van der Waals surface area contributed by atoms with Crippen molar-refractivity contribution < 1.29 is 9.53 Å². The molecule has 0 aliphatic carbocycles. The van der Waals surface area contributed by atoms with Crippen molar-refractivity contribution in [1.29, 1.82) is 5.26 Å². The molecule has 0 saturated heterocycles. The van der Waals surface area contributed by atoms with E-state index in [0.29, 0.717) is 16.3 Å². The normalized spacial score (nSPS) is 11.4. The summed E-state index contributed by atoms with van der Waals surface area (Å²) in [5.74, 6) is 0.0214. The van der Waals surface area contributed by atoms with Gasteiger partial charge < -0.3 is 10.1 Å². The van der Waals surface area contributed by atoms with Crippen molar-refractivity contribution in [2.45, 2.75) is 13.0 Å². The van der Waals surface area contributed by atoms with Gasteiger partial charge in [0, 0.05) is 6.20 Å². The Bertz CT molecular complexity index is 790. The minimum atomic E-state index is -0.853. The van der Waals surface area contributed by atoms with Crippen molar-refractivity contribution in [3.63, 3.8) is 0 Å². The van der Waals surface area contributed by atoms with Crippen LogP contribution in [0.1, 0.15) is 12.5 Å². The number of halogens is 3.